The number of aliphatic hydroxyl groups is 2. The van der Waals surface area contributed by atoms with Gasteiger partial charge >= 0.3 is 0 Å². The predicted octanol–water partition coefficient (Wildman–Crippen LogP) is -0.217. The first-order valence-corrected chi connectivity index (χ1v) is 6.02. The highest BCUT2D eigenvalue weighted by Crippen LogP contribution is 2.10. The van der Waals surface area contributed by atoms with Crippen molar-refractivity contribution in [3.8, 4) is 11.8 Å². The van der Waals surface area contributed by atoms with E-state index in [1.54, 1.807) is 0 Å². The van der Waals surface area contributed by atoms with Crippen molar-refractivity contribution in [2.24, 2.45) is 5.73 Å². The fraction of sp³-hybridized carbons (Fsp3) is 0.429. The summed E-state index contributed by atoms with van der Waals surface area (Å²) < 4.78 is 0. The van der Waals surface area contributed by atoms with Gasteiger partial charge in [-0.3, -0.25) is 4.90 Å². The van der Waals surface area contributed by atoms with E-state index in [-0.39, 0.29) is 13.2 Å². The third-order valence-electron chi connectivity index (χ3n) is 2.57. The van der Waals surface area contributed by atoms with Gasteiger partial charge in [0.2, 0.25) is 0 Å². The molecular formula is C14H20N2O2. The molecule has 0 atom stereocenters. The fourth-order valence-corrected chi connectivity index (χ4v) is 1.72. The van der Waals surface area contributed by atoms with Gasteiger partial charge in [0, 0.05) is 25.2 Å². The predicted molar refractivity (Wildman–Crippen MR) is 71.8 cm³/mol. The van der Waals surface area contributed by atoms with Gasteiger partial charge in [0.15, 0.2) is 0 Å². The van der Waals surface area contributed by atoms with Crippen LogP contribution in [0.1, 0.15) is 11.1 Å². The van der Waals surface area contributed by atoms with Crippen LogP contribution < -0.4 is 5.73 Å². The molecule has 98 valence electrons. The third kappa shape index (κ3) is 4.86. The summed E-state index contributed by atoms with van der Waals surface area (Å²) in [6, 6.07) is 7.85. The van der Waals surface area contributed by atoms with E-state index < -0.39 is 0 Å². The molecule has 0 aliphatic rings. The number of hydrogen-bond acceptors (Lipinski definition) is 4. The van der Waals surface area contributed by atoms with Crippen molar-refractivity contribution in [2.45, 2.75) is 6.54 Å². The van der Waals surface area contributed by atoms with Crippen LogP contribution in [-0.2, 0) is 6.54 Å². The van der Waals surface area contributed by atoms with Gasteiger partial charge in [0.25, 0.3) is 0 Å². The molecule has 0 aromatic heterocycles. The lowest BCUT2D eigenvalue weighted by Gasteiger charge is -2.20. The van der Waals surface area contributed by atoms with Gasteiger partial charge in [-0.2, -0.15) is 0 Å². The summed E-state index contributed by atoms with van der Waals surface area (Å²) >= 11 is 0. The van der Waals surface area contributed by atoms with Crippen LogP contribution in [0.2, 0.25) is 0 Å². The summed E-state index contributed by atoms with van der Waals surface area (Å²) in [5.41, 5.74) is 7.40. The molecule has 0 amide bonds. The van der Waals surface area contributed by atoms with Crippen LogP contribution >= 0.6 is 0 Å². The number of nitrogens with two attached hydrogens (primary N) is 1. The van der Waals surface area contributed by atoms with Gasteiger partial charge < -0.3 is 15.9 Å². The summed E-state index contributed by atoms with van der Waals surface area (Å²) in [4.78, 5) is 1.99. The average Bonchev–Trinajstić information content (AvgIpc) is 2.38. The maximum Gasteiger partial charge on any atom is 0.0558 e. The highest BCUT2D eigenvalue weighted by atomic mass is 16.3. The Kier molecular flexibility index (Phi) is 7.07. The summed E-state index contributed by atoms with van der Waals surface area (Å²) in [5.74, 6) is 5.88. The molecule has 18 heavy (non-hydrogen) atoms. The van der Waals surface area contributed by atoms with E-state index >= 15 is 0 Å². The summed E-state index contributed by atoms with van der Waals surface area (Å²) in [6.45, 7) is 2.24. The van der Waals surface area contributed by atoms with Crippen LogP contribution in [0.25, 0.3) is 0 Å². The Morgan fingerprint density at radius 3 is 2.39 bits per heavy atom. The van der Waals surface area contributed by atoms with Crippen LogP contribution in [0, 0.1) is 11.8 Å². The van der Waals surface area contributed by atoms with E-state index in [0.717, 1.165) is 11.1 Å². The lowest BCUT2D eigenvalue weighted by atomic mass is 10.1. The molecule has 4 heteroatoms. The quantitative estimate of drug-likeness (QED) is 0.609. The number of aliphatic hydroxyl groups excluding tert-OH is 2. The van der Waals surface area contributed by atoms with Crippen molar-refractivity contribution in [2.75, 3.05) is 32.8 Å². The molecule has 1 aromatic rings. The van der Waals surface area contributed by atoms with Gasteiger partial charge in [-0.05, 0) is 11.6 Å². The number of nitrogens with zero attached hydrogens (tertiary/aromatic N) is 1. The molecule has 0 spiro atoms. The molecule has 4 nitrogen and oxygen atoms in total. The van der Waals surface area contributed by atoms with Gasteiger partial charge in [-0.15, -0.1) is 0 Å². The van der Waals surface area contributed by atoms with E-state index in [4.69, 9.17) is 15.9 Å². The van der Waals surface area contributed by atoms with E-state index in [1.807, 2.05) is 29.2 Å². The van der Waals surface area contributed by atoms with Crippen molar-refractivity contribution in [3.05, 3.63) is 35.4 Å². The van der Waals surface area contributed by atoms with Crippen LogP contribution in [0.15, 0.2) is 24.3 Å². The Morgan fingerprint density at radius 2 is 1.78 bits per heavy atom. The van der Waals surface area contributed by atoms with Crippen molar-refractivity contribution >= 4 is 0 Å². The monoisotopic (exact) mass is 248 g/mol. The lowest BCUT2D eigenvalue weighted by molar-refractivity contribution is 0.156. The van der Waals surface area contributed by atoms with Crippen LogP contribution in [0.5, 0.6) is 0 Å². The minimum atomic E-state index is 0.0800. The van der Waals surface area contributed by atoms with Crippen molar-refractivity contribution in [3.63, 3.8) is 0 Å². The lowest BCUT2D eigenvalue weighted by Crippen LogP contribution is -2.29. The number of benzene rings is 1. The zero-order valence-corrected chi connectivity index (χ0v) is 10.5. The van der Waals surface area contributed by atoms with Crippen molar-refractivity contribution in [1.82, 2.24) is 4.90 Å². The van der Waals surface area contributed by atoms with Gasteiger partial charge in [0.05, 0.1) is 19.8 Å². The first-order valence-electron chi connectivity index (χ1n) is 6.02. The van der Waals surface area contributed by atoms with E-state index in [1.165, 1.54) is 0 Å². The Hall–Kier alpha value is -1.38. The maximum absolute atomic E-state index is 8.98. The second-order valence-electron chi connectivity index (χ2n) is 3.89. The zero-order valence-electron chi connectivity index (χ0n) is 10.5. The molecule has 0 aliphatic heterocycles. The Bertz CT molecular complexity index is 404. The SMILES string of the molecule is NCC#Cc1ccccc1CN(CCO)CCO. The highest BCUT2D eigenvalue weighted by Gasteiger charge is 2.07. The molecule has 1 rings (SSSR count). The normalized spacial score (nSPS) is 10.2. The molecular weight excluding hydrogens is 228 g/mol. The standard InChI is InChI=1S/C14H20N2O2/c15-7-3-6-13-4-1-2-5-14(13)12-16(8-10-17)9-11-18/h1-2,4-5,17-18H,7-12,15H2. The van der Waals surface area contributed by atoms with Crippen molar-refractivity contribution in [1.29, 1.82) is 0 Å². The number of hydrogen-bond donors (Lipinski definition) is 3. The van der Waals surface area contributed by atoms with Crippen LogP contribution in [0.3, 0.4) is 0 Å². The van der Waals surface area contributed by atoms with Gasteiger partial charge in [0.1, 0.15) is 0 Å². The highest BCUT2D eigenvalue weighted by molar-refractivity contribution is 5.41. The Morgan fingerprint density at radius 1 is 1.11 bits per heavy atom. The fourth-order valence-electron chi connectivity index (χ4n) is 1.72. The number of rotatable bonds is 6. The van der Waals surface area contributed by atoms with Crippen molar-refractivity contribution < 1.29 is 10.2 Å². The molecule has 0 saturated carbocycles. The van der Waals surface area contributed by atoms with Crippen LogP contribution in [0.4, 0.5) is 0 Å². The second-order valence-corrected chi connectivity index (χ2v) is 3.89. The molecule has 0 heterocycles. The molecule has 0 radical (unpaired) electrons. The Labute approximate surface area is 108 Å². The minimum Gasteiger partial charge on any atom is -0.395 e. The molecule has 0 fully saturated rings. The van der Waals surface area contributed by atoms with E-state index in [2.05, 4.69) is 11.8 Å². The largest absolute Gasteiger partial charge is 0.395 e. The van der Waals surface area contributed by atoms with Gasteiger partial charge in [-0.1, -0.05) is 30.0 Å². The molecule has 1 aromatic carbocycles. The topological polar surface area (TPSA) is 69.7 Å². The average molecular weight is 248 g/mol. The molecule has 0 saturated heterocycles. The first kappa shape index (κ1) is 14.7. The van der Waals surface area contributed by atoms with E-state index in [0.29, 0.717) is 26.2 Å². The zero-order chi connectivity index (χ0) is 13.2. The first-order chi connectivity index (χ1) is 8.81. The smallest absolute Gasteiger partial charge is 0.0558 e. The third-order valence-corrected chi connectivity index (χ3v) is 2.57. The van der Waals surface area contributed by atoms with Gasteiger partial charge in [-0.25, -0.2) is 0 Å². The summed E-state index contributed by atoms with van der Waals surface area (Å²) in [6.07, 6.45) is 0. The Balaban J connectivity index is 2.80. The molecule has 0 bridgehead atoms. The maximum atomic E-state index is 8.98. The minimum absolute atomic E-state index is 0.0800. The van der Waals surface area contributed by atoms with Crippen LogP contribution in [-0.4, -0.2) is 48.0 Å². The second kappa shape index (κ2) is 8.67. The molecule has 0 aliphatic carbocycles. The summed E-state index contributed by atoms with van der Waals surface area (Å²) in [5, 5.41) is 18.0. The molecule has 0 unspecified atom stereocenters. The summed E-state index contributed by atoms with van der Waals surface area (Å²) in [7, 11) is 0. The molecule has 4 N–H and O–H groups in total. The van der Waals surface area contributed by atoms with E-state index in [9.17, 15) is 0 Å².